The van der Waals surface area contributed by atoms with Crippen LogP contribution >= 0.6 is 0 Å². The first kappa shape index (κ1) is 17.4. The highest BCUT2D eigenvalue weighted by atomic mass is 16.2. The Labute approximate surface area is 158 Å². The quantitative estimate of drug-likeness (QED) is 0.657. The number of carbonyl (C=O) groups is 2. The Morgan fingerprint density at radius 3 is 2.67 bits per heavy atom. The van der Waals surface area contributed by atoms with E-state index in [1.807, 2.05) is 49.4 Å². The number of likely N-dealkylation sites (tertiary alicyclic amines) is 1. The van der Waals surface area contributed by atoms with Crippen LogP contribution in [-0.4, -0.2) is 34.7 Å². The monoisotopic (exact) mass is 358 g/mol. The molecule has 4 nitrogen and oxygen atoms in total. The maximum atomic E-state index is 13.1. The predicted octanol–water partition coefficient (Wildman–Crippen LogP) is 4.28. The van der Waals surface area contributed by atoms with E-state index in [0.29, 0.717) is 18.7 Å². The minimum atomic E-state index is -0.152. The average molecular weight is 358 g/mol. The normalized spacial score (nSPS) is 17.1. The number of fused-ring (bicyclic) bond motifs is 1. The number of amides is 1. The third-order valence-electron chi connectivity index (χ3n) is 5.35. The van der Waals surface area contributed by atoms with Gasteiger partial charge in [-0.1, -0.05) is 36.4 Å². The fourth-order valence-corrected chi connectivity index (χ4v) is 3.83. The zero-order chi connectivity index (χ0) is 18.8. The lowest BCUT2D eigenvalue weighted by atomic mass is 9.89. The van der Waals surface area contributed by atoms with Crippen LogP contribution in [0.3, 0.4) is 0 Å². The highest BCUT2D eigenvalue weighted by molar-refractivity contribution is 6.02. The molecule has 0 N–H and O–H groups in total. The summed E-state index contributed by atoms with van der Waals surface area (Å²) in [5, 5.41) is 2.19. The van der Waals surface area contributed by atoms with E-state index in [9.17, 15) is 9.59 Å². The summed E-state index contributed by atoms with van der Waals surface area (Å²) < 4.78 is 0. The highest BCUT2D eigenvalue weighted by Gasteiger charge is 2.30. The van der Waals surface area contributed by atoms with Crippen molar-refractivity contribution in [1.82, 2.24) is 9.88 Å². The summed E-state index contributed by atoms with van der Waals surface area (Å²) >= 11 is 0. The van der Waals surface area contributed by atoms with Crippen molar-refractivity contribution in [2.45, 2.75) is 19.8 Å². The van der Waals surface area contributed by atoms with Gasteiger partial charge in [-0.05, 0) is 48.7 Å². The smallest absolute Gasteiger partial charge is 0.255 e. The minimum absolute atomic E-state index is 0.0309. The average Bonchev–Trinajstić information content (AvgIpc) is 2.73. The molecule has 2 heterocycles. The van der Waals surface area contributed by atoms with Crippen molar-refractivity contribution < 1.29 is 9.59 Å². The summed E-state index contributed by atoms with van der Waals surface area (Å²) in [6.07, 6.45) is 3.35. The zero-order valence-electron chi connectivity index (χ0n) is 15.4. The fraction of sp³-hybridized carbons (Fsp3) is 0.261. The van der Waals surface area contributed by atoms with Gasteiger partial charge in [0.1, 0.15) is 0 Å². The number of carbonyl (C=O) groups excluding carboxylic acids is 2. The molecule has 1 aliphatic heterocycles. The zero-order valence-corrected chi connectivity index (χ0v) is 15.4. The molecule has 2 aromatic carbocycles. The lowest BCUT2D eigenvalue weighted by molar-refractivity contribution is 0.0636. The van der Waals surface area contributed by atoms with Crippen LogP contribution in [0, 0.1) is 12.8 Å². The molecule has 0 aliphatic carbocycles. The molecule has 0 saturated carbocycles. The molecule has 1 atom stereocenters. The summed E-state index contributed by atoms with van der Waals surface area (Å²) in [5.74, 6) is -0.0568. The van der Waals surface area contributed by atoms with E-state index < -0.39 is 0 Å². The van der Waals surface area contributed by atoms with Gasteiger partial charge in [-0.3, -0.25) is 14.6 Å². The van der Waals surface area contributed by atoms with Crippen molar-refractivity contribution in [2.75, 3.05) is 13.1 Å². The van der Waals surface area contributed by atoms with Crippen LogP contribution < -0.4 is 0 Å². The van der Waals surface area contributed by atoms with Gasteiger partial charge < -0.3 is 4.90 Å². The lowest BCUT2D eigenvalue weighted by Crippen LogP contribution is -2.42. The van der Waals surface area contributed by atoms with E-state index in [2.05, 4.69) is 4.98 Å². The van der Waals surface area contributed by atoms with Gasteiger partial charge in [-0.25, -0.2) is 0 Å². The van der Waals surface area contributed by atoms with Crippen LogP contribution in [0.5, 0.6) is 0 Å². The fourth-order valence-electron chi connectivity index (χ4n) is 3.83. The number of hydrogen-bond acceptors (Lipinski definition) is 3. The van der Waals surface area contributed by atoms with Gasteiger partial charge in [0.15, 0.2) is 5.78 Å². The van der Waals surface area contributed by atoms with Crippen molar-refractivity contribution in [1.29, 1.82) is 0 Å². The summed E-state index contributed by atoms with van der Waals surface area (Å²) in [7, 11) is 0. The number of aryl methyl sites for hydroxylation is 1. The van der Waals surface area contributed by atoms with Crippen LogP contribution in [0.25, 0.3) is 10.8 Å². The third kappa shape index (κ3) is 3.47. The van der Waals surface area contributed by atoms with E-state index in [1.54, 1.807) is 23.2 Å². The molecular weight excluding hydrogens is 336 g/mol. The highest BCUT2D eigenvalue weighted by Crippen LogP contribution is 2.24. The first-order chi connectivity index (χ1) is 13.1. The first-order valence-corrected chi connectivity index (χ1v) is 9.37. The molecule has 136 valence electrons. The largest absolute Gasteiger partial charge is 0.338 e. The predicted molar refractivity (Wildman–Crippen MR) is 106 cm³/mol. The molecule has 1 aliphatic rings. The molecule has 1 amide bonds. The third-order valence-corrected chi connectivity index (χ3v) is 5.35. The Balaban J connectivity index is 1.54. The molecule has 1 saturated heterocycles. The van der Waals surface area contributed by atoms with Crippen molar-refractivity contribution >= 4 is 22.5 Å². The van der Waals surface area contributed by atoms with Gasteiger partial charge in [0.2, 0.25) is 0 Å². The van der Waals surface area contributed by atoms with Gasteiger partial charge in [0, 0.05) is 36.5 Å². The van der Waals surface area contributed by atoms with Gasteiger partial charge in [0.25, 0.3) is 5.91 Å². The number of rotatable bonds is 3. The van der Waals surface area contributed by atoms with Crippen molar-refractivity contribution in [3.8, 4) is 0 Å². The Kier molecular flexibility index (Phi) is 4.71. The lowest BCUT2D eigenvalue weighted by Gasteiger charge is -2.32. The van der Waals surface area contributed by atoms with Crippen molar-refractivity contribution in [3.63, 3.8) is 0 Å². The second-order valence-electron chi connectivity index (χ2n) is 7.15. The number of benzene rings is 2. The van der Waals surface area contributed by atoms with Crippen LogP contribution in [-0.2, 0) is 0 Å². The number of hydrogen-bond donors (Lipinski definition) is 0. The SMILES string of the molecule is Cc1ncccc1C(=O)N1CCC[C@H](C(=O)c2ccc3ccccc3c2)C1. The molecule has 0 spiro atoms. The Morgan fingerprint density at radius 2 is 1.85 bits per heavy atom. The summed E-state index contributed by atoms with van der Waals surface area (Å²) in [4.78, 5) is 32.0. The number of aromatic nitrogens is 1. The Hall–Kier alpha value is -3.01. The first-order valence-electron chi connectivity index (χ1n) is 9.37. The van der Waals surface area contributed by atoms with E-state index in [0.717, 1.165) is 34.9 Å². The number of pyridine rings is 1. The molecule has 0 unspecified atom stereocenters. The molecule has 1 fully saturated rings. The molecule has 4 rings (SSSR count). The van der Waals surface area contributed by atoms with E-state index >= 15 is 0 Å². The topological polar surface area (TPSA) is 50.3 Å². The van der Waals surface area contributed by atoms with E-state index in [1.165, 1.54) is 0 Å². The second kappa shape index (κ2) is 7.31. The maximum Gasteiger partial charge on any atom is 0.255 e. The minimum Gasteiger partial charge on any atom is -0.338 e. The molecule has 3 aromatic rings. The van der Waals surface area contributed by atoms with Crippen molar-refractivity contribution in [2.24, 2.45) is 5.92 Å². The van der Waals surface area contributed by atoms with Gasteiger partial charge in [-0.2, -0.15) is 0 Å². The number of ketones is 1. The number of Topliss-reactive ketones (excluding diaryl/α,β-unsaturated/α-hetero) is 1. The molecule has 0 radical (unpaired) electrons. The number of piperidine rings is 1. The second-order valence-corrected chi connectivity index (χ2v) is 7.15. The molecule has 0 bridgehead atoms. The van der Waals surface area contributed by atoms with E-state index in [-0.39, 0.29) is 17.6 Å². The van der Waals surface area contributed by atoms with Gasteiger partial charge in [-0.15, -0.1) is 0 Å². The van der Waals surface area contributed by atoms with E-state index in [4.69, 9.17) is 0 Å². The van der Waals surface area contributed by atoms with Crippen LogP contribution in [0.2, 0.25) is 0 Å². The van der Waals surface area contributed by atoms with Crippen LogP contribution in [0.1, 0.15) is 39.3 Å². The summed E-state index contributed by atoms with van der Waals surface area (Å²) in [6.45, 7) is 3.00. The van der Waals surface area contributed by atoms with Gasteiger partial charge in [0.05, 0.1) is 5.56 Å². The van der Waals surface area contributed by atoms with Crippen LogP contribution in [0.4, 0.5) is 0 Å². The maximum absolute atomic E-state index is 13.1. The molecule has 1 aromatic heterocycles. The summed E-state index contributed by atoms with van der Waals surface area (Å²) in [5.41, 5.74) is 2.08. The van der Waals surface area contributed by atoms with Crippen molar-refractivity contribution in [3.05, 3.63) is 77.6 Å². The molecule has 4 heteroatoms. The standard InChI is InChI=1S/C23H22N2O2/c1-16-21(9-4-12-24-16)23(27)25-13-5-8-20(15-25)22(26)19-11-10-17-6-2-3-7-18(17)14-19/h2-4,6-7,9-12,14,20H,5,8,13,15H2,1H3/t20-/m0/s1. The Bertz CT molecular complexity index is 1010. The Morgan fingerprint density at radius 1 is 1.04 bits per heavy atom. The van der Waals surface area contributed by atoms with Crippen LogP contribution in [0.15, 0.2) is 60.8 Å². The molecular formula is C23H22N2O2. The molecule has 27 heavy (non-hydrogen) atoms. The number of nitrogens with zero attached hydrogens (tertiary/aromatic N) is 2. The van der Waals surface area contributed by atoms with Gasteiger partial charge >= 0.3 is 0 Å². The summed E-state index contributed by atoms with van der Waals surface area (Å²) in [6, 6.07) is 17.5.